The molecule has 5 rings (SSSR count). The molecular formula is C34H33BrN2O8. The zero-order valence-electron chi connectivity index (χ0n) is 24.5. The number of benzene rings is 3. The number of aromatic hydroxyl groups is 1. The van der Waals surface area contributed by atoms with Gasteiger partial charge in [0.25, 0.3) is 5.69 Å². The lowest BCUT2D eigenvalue weighted by molar-refractivity contribution is -0.384. The fraction of sp³-hybridized carbons (Fsp3) is 0.294. The molecule has 3 aromatic carbocycles. The molecule has 0 unspecified atom stereocenters. The number of phenols is 1. The number of nitro groups is 1. The Hall–Kier alpha value is -4.32. The molecule has 0 radical (unpaired) electrons. The normalized spacial score (nSPS) is 20.8. The summed E-state index contributed by atoms with van der Waals surface area (Å²) in [6, 6.07) is 19.5. The van der Waals surface area contributed by atoms with Crippen molar-refractivity contribution in [3.05, 3.63) is 110 Å². The minimum atomic E-state index is -1.06. The van der Waals surface area contributed by atoms with Crippen molar-refractivity contribution >= 4 is 45.2 Å². The summed E-state index contributed by atoms with van der Waals surface area (Å²) in [7, 11) is 0. The van der Waals surface area contributed by atoms with E-state index in [9.17, 15) is 35.0 Å². The van der Waals surface area contributed by atoms with E-state index in [1.165, 1.54) is 24.3 Å². The molecule has 3 aromatic rings. The Balaban J connectivity index is 1.45. The van der Waals surface area contributed by atoms with E-state index in [0.717, 1.165) is 14.9 Å². The number of non-ortho nitro benzene ring substituents is 1. The minimum Gasteiger partial charge on any atom is -0.507 e. The van der Waals surface area contributed by atoms with Crippen molar-refractivity contribution < 1.29 is 34.6 Å². The number of imide groups is 1. The quantitative estimate of drug-likeness (QED) is 0.0998. The Morgan fingerprint density at radius 1 is 1.11 bits per heavy atom. The van der Waals surface area contributed by atoms with Crippen LogP contribution < -0.4 is 9.64 Å². The van der Waals surface area contributed by atoms with Crippen LogP contribution in [0, 0.1) is 27.9 Å². The van der Waals surface area contributed by atoms with E-state index in [1.54, 1.807) is 30.3 Å². The number of nitrogens with zero attached hydrogens (tertiary/aromatic N) is 2. The number of carbonyl (C=O) groups is 2. The third kappa shape index (κ3) is 6.85. The molecule has 0 bridgehead atoms. The highest BCUT2D eigenvalue weighted by atomic mass is 79.9. The van der Waals surface area contributed by atoms with Crippen molar-refractivity contribution in [2.45, 2.75) is 32.3 Å². The van der Waals surface area contributed by atoms with Gasteiger partial charge in [-0.1, -0.05) is 51.8 Å². The summed E-state index contributed by atoms with van der Waals surface area (Å²) in [6.45, 7) is 1.43. The van der Waals surface area contributed by atoms with Crippen LogP contribution >= 0.6 is 15.9 Å². The maximum absolute atomic E-state index is 13.8. The zero-order chi connectivity index (χ0) is 32.2. The van der Waals surface area contributed by atoms with Gasteiger partial charge in [-0.25, -0.2) is 4.90 Å². The maximum atomic E-state index is 13.8. The Labute approximate surface area is 268 Å². The van der Waals surface area contributed by atoms with Crippen LogP contribution in [0.2, 0.25) is 0 Å². The highest BCUT2D eigenvalue weighted by Crippen LogP contribution is 2.47. The van der Waals surface area contributed by atoms with Crippen LogP contribution in [0.15, 0.2) is 94.0 Å². The second-order valence-corrected chi connectivity index (χ2v) is 12.2. The standard InChI is InChI=1S/C34H33BrN2O8/c1-20(14-21-15-23(35)11-13-29(21)39)10-12-30(40)31-22(19-45-26-8-3-2-4-9-26)16-27-32(28(31)18-38)34(42)36(33(27)41)24-6-5-7-25(17-24)37(43)44/h2-9,11,13-15,17,27-28,30,32,38-40H,10,12,16,18-19H2,1H3/b20-14+/t27-,28+,30-,32-/m1/s1. The Morgan fingerprint density at radius 3 is 2.58 bits per heavy atom. The van der Waals surface area contributed by atoms with Crippen molar-refractivity contribution in [2.24, 2.45) is 17.8 Å². The van der Waals surface area contributed by atoms with E-state index in [0.29, 0.717) is 28.9 Å². The number of nitro benzene ring substituents is 1. The molecule has 1 saturated heterocycles. The first-order chi connectivity index (χ1) is 21.6. The number of hydrogen-bond acceptors (Lipinski definition) is 8. The molecule has 1 fully saturated rings. The molecule has 4 atom stereocenters. The number of phenolic OH excluding ortho intramolecular Hbond substituents is 1. The van der Waals surface area contributed by atoms with Gasteiger partial charge in [0, 0.05) is 28.1 Å². The topological polar surface area (TPSA) is 150 Å². The zero-order valence-corrected chi connectivity index (χ0v) is 26.1. The van der Waals surface area contributed by atoms with E-state index in [1.807, 2.05) is 31.2 Å². The SMILES string of the molecule is C/C(=C\c1cc(Br)ccc1O)CC[C@@H](O)C1=C(COc2ccccc2)C[C@H]2C(=O)N(c3cccc([N+](=O)[O-])c3)C(=O)[C@H]2[C@H]1CO. The average Bonchev–Trinajstić information content (AvgIpc) is 3.29. The summed E-state index contributed by atoms with van der Waals surface area (Å²) in [5.41, 5.74) is 2.44. The lowest BCUT2D eigenvalue weighted by Gasteiger charge is -2.36. The molecule has 45 heavy (non-hydrogen) atoms. The summed E-state index contributed by atoms with van der Waals surface area (Å²) >= 11 is 3.41. The number of fused-ring (bicyclic) bond motifs is 1. The fourth-order valence-electron chi connectivity index (χ4n) is 6.28. The van der Waals surface area contributed by atoms with Crippen molar-refractivity contribution in [2.75, 3.05) is 18.1 Å². The second-order valence-electron chi connectivity index (χ2n) is 11.3. The molecule has 10 nitrogen and oxygen atoms in total. The highest BCUT2D eigenvalue weighted by molar-refractivity contribution is 9.10. The number of hydrogen-bond donors (Lipinski definition) is 3. The summed E-state index contributed by atoms with van der Waals surface area (Å²) in [6.07, 6.45) is 1.59. The second kappa shape index (κ2) is 13.8. The largest absolute Gasteiger partial charge is 0.507 e. The van der Waals surface area contributed by atoms with Gasteiger partial charge in [-0.3, -0.25) is 19.7 Å². The van der Waals surface area contributed by atoms with Gasteiger partial charge in [0.05, 0.1) is 35.2 Å². The van der Waals surface area contributed by atoms with Gasteiger partial charge in [-0.15, -0.1) is 0 Å². The van der Waals surface area contributed by atoms with Gasteiger partial charge >= 0.3 is 0 Å². The van der Waals surface area contributed by atoms with Crippen LogP contribution in [0.3, 0.4) is 0 Å². The number of aliphatic hydroxyl groups is 2. The van der Waals surface area contributed by atoms with E-state index >= 15 is 0 Å². The molecule has 11 heteroatoms. The van der Waals surface area contributed by atoms with E-state index in [-0.39, 0.29) is 36.6 Å². The predicted octanol–water partition coefficient (Wildman–Crippen LogP) is 5.80. The highest BCUT2D eigenvalue weighted by Gasteiger charge is 2.55. The Morgan fingerprint density at radius 2 is 1.87 bits per heavy atom. The summed E-state index contributed by atoms with van der Waals surface area (Å²) in [4.78, 5) is 39.3. The van der Waals surface area contributed by atoms with Crippen LogP contribution in [0.5, 0.6) is 11.5 Å². The molecule has 234 valence electrons. The third-order valence-corrected chi connectivity index (χ3v) is 8.89. The van der Waals surface area contributed by atoms with Crippen LogP contribution in [0.25, 0.3) is 6.08 Å². The number of anilines is 1. The number of allylic oxidation sites excluding steroid dienone is 1. The number of aliphatic hydroxyl groups excluding tert-OH is 2. The van der Waals surface area contributed by atoms with Crippen LogP contribution in [-0.4, -0.2) is 51.4 Å². The maximum Gasteiger partial charge on any atom is 0.271 e. The van der Waals surface area contributed by atoms with Crippen LogP contribution in [0.4, 0.5) is 11.4 Å². The molecule has 2 aliphatic rings. The lowest BCUT2D eigenvalue weighted by Crippen LogP contribution is -2.40. The van der Waals surface area contributed by atoms with Gasteiger partial charge in [0.1, 0.15) is 18.1 Å². The van der Waals surface area contributed by atoms with Crippen LogP contribution in [0.1, 0.15) is 31.7 Å². The van der Waals surface area contributed by atoms with Gasteiger partial charge in [-0.05, 0) is 73.7 Å². The molecule has 0 saturated carbocycles. The smallest absolute Gasteiger partial charge is 0.271 e. The predicted molar refractivity (Wildman–Crippen MR) is 171 cm³/mol. The Bertz CT molecular complexity index is 1670. The molecule has 0 aromatic heterocycles. The van der Waals surface area contributed by atoms with E-state index in [2.05, 4.69) is 15.9 Å². The average molecular weight is 678 g/mol. The number of rotatable bonds is 11. The molecule has 1 aliphatic carbocycles. The summed E-state index contributed by atoms with van der Waals surface area (Å²) in [5, 5.41) is 43.9. The molecule has 0 spiro atoms. The van der Waals surface area contributed by atoms with Crippen molar-refractivity contribution in [1.29, 1.82) is 0 Å². The first kappa shape index (κ1) is 32.1. The number of ether oxygens (including phenoxy) is 1. The lowest BCUT2D eigenvalue weighted by atomic mass is 9.68. The van der Waals surface area contributed by atoms with Gasteiger partial charge in [0.15, 0.2) is 0 Å². The monoisotopic (exact) mass is 676 g/mol. The fourth-order valence-corrected chi connectivity index (χ4v) is 6.66. The van der Waals surface area contributed by atoms with E-state index in [4.69, 9.17) is 4.74 Å². The van der Waals surface area contributed by atoms with Crippen molar-refractivity contribution in [3.8, 4) is 11.5 Å². The molecule has 3 N–H and O–H groups in total. The number of para-hydroxylation sites is 1. The van der Waals surface area contributed by atoms with Crippen LogP contribution in [-0.2, 0) is 9.59 Å². The first-order valence-electron chi connectivity index (χ1n) is 14.6. The number of carbonyl (C=O) groups excluding carboxylic acids is 2. The first-order valence-corrected chi connectivity index (χ1v) is 15.3. The summed E-state index contributed by atoms with van der Waals surface area (Å²) in [5.74, 6) is -3.03. The third-order valence-electron chi connectivity index (χ3n) is 8.40. The van der Waals surface area contributed by atoms with Gasteiger partial charge < -0.3 is 20.1 Å². The van der Waals surface area contributed by atoms with Gasteiger partial charge in [-0.2, -0.15) is 0 Å². The molecular weight excluding hydrogens is 644 g/mol. The number of amides is 2. The van der Waals surface area contributed by atoms with E-state index < -0.39 is 47.2 Å². The molecule has 1 heterocycles. The summed E-state index contributed by atoms with van der Waals surface area (Å²) < 4.78 is 6.84. The molecule has 2 amide bonds. The minimum absolute atomic E-state index is 0.0368. The molecule has 1 aliphatic heterocycles. The van der Waals surface area contributed by atoms with Crippen molar-refractivity contribution in [1.82, 2.24) is 0 Å². The number of halogens is 1. The Kier molecular flexibility index (Phi) is 9.81. The van der Waals surface area contributed by atoms with Crippen molar-refractivity contribution in [3.63, 3.8) is 0 Å². The van der Waals surface area contributed by atoms with Gasteiger partial charge in [0.2, 0.25) is 11.8 Å².